The molecule has 112 valence electrons. The minimum atomic E-state index is 0.491. The van der Waals surface area contributed by atoms with Gasteiger partial charge in [0.05, 0.1) is 5.69 Å². The minimum Gasteiger partial charge on any atom is -0.487 e. The third-order valence-corrected chi connectivity index (χ3v) is 3.65. The molecule has 1 aromatic heterocycles. The fraction of sp³-hybridized carbons (Fsp3) is 0.353. The van der Waals surface area contributed by atoms with Crippen LogP contribution in [0.1, 0.15) is 30.2 Å². The Morgan fingerprint density at radius 1 is 1.24 bits per heavy atom. The fourth-order valence-corrected chi connectivity index (χ4v) is 2.46. The smallest absolute Gasteiger partial charge is 0.130 e. The Labute approximate surface area is 134 Å². The van der Waals surface area contributed by atoms with Crippen LogP contribution in [0.3, 0.4) is 0 Å². The molecule has 0 aliphatic heterocycles. The highest BCUT2D eigenvalue weighted by Gasteiger charge is 2.02. The van der Waals surface area contributed by atoms with Crippen molar-refractivity contribution in [2.24, 2.45) is 0 Å². The van der Waals surface area contributed by atoms with E-state index in [1.165, 1.54) is 5.56 Å². The van der Waals surface area contributed by atoms with Crippen LogP contribution in [0.4, 0.5) is 0 Å². The van der Waals surface area contributed by atoms with Crippen molar-refractivity contribution < 1.29 is 4.74 Å². The molecule has 0 saturated carbocycles. The number of aryl methyl sites for hydroxylation is 1. The highest BCUT2D eigenvalue weighted by atomic mass is 79.9. The molecule has 0 bridgehead atoms. The molecule has 0 unspecified atom stereocenters. The van der Waals surface area contributed by atoms with Gasteiger partial charge in [-0.1, -0.05) is 28.9 Å². The summed E-state index contributed by atoms with van der Waals surface area (Å²) >= 11 is 3.45. The third kappa shape index (κ3) is 5.14. The van der Waals surface area contributed by atoms with E-state index in [4.69, 9.17) is 4.74 Å². The van der Waals surface area contributed by atoms with Crippen LogP contribution in [0.25, 0.3) is 0 Å². The number of ether oxygens (including phenoxy) is 1. The van der Waals surface area contributed by atoms with E-state index in [1.807, 2.05) is 37.4 Å². The van der Waals surface area contributed by atoms with Crippen LogP contribution in [-0.2, 0) is 13.2 Å². The second-order valence-electron chi connectivity index (χ2n) is 5.03. The van der Waals surface area contributed by atoms with Gasteiger partial charge in [0.2, 0.25) is 0 Å². The Morgan fingerprint density at radius 2 is 2.10 bits per heavy atom. The number of halogens is 1. The van der Waals surface area contributed by atoms with Gasteiger partial charge in [0.15, 0.2) is 0 Å². The third-order valence-electron chi connectivity index (χ3n) is 3.15. The van der Waals surface area contributed by atoms with Crippen LogP contribution in [0, 0.1) is 6.92 Å². The molecule has 0 radical (unpaired) electrons. The largest absolute Gasteiger partial charge is 0.487 e. The molecule has 2 rings (SSSR count). The Balaban J connectivity index is 1.88. The molecular formula is C17H21BrN2O. The van der Waals surface area contributed by atoms with E-state index in [1.54, 1.807) is 0 Å². The quantitative estimate of drug-likeness (QED) is 0.760. The predicted molar refractivity (Wildman–Crippen MR) is 89.4 cm³/mol. The number of nitrogens with zero attached hydrogens (tertiary/aromatic N) is 1. The zero-order valence-corrected chi connectivity index (χ0v) is 14.1. The van der Waals surface area contributed by atoms with Crippen LogP contribution in [0.5, 0.6) is 5.75 Å². The zero-order chi connectivity index (χ0) is 15.1. The maximum atomic E-state index is 5.82. The number of aromatic nitrogens is 1. The summed E-state index contributed by atoms with van der Waals surface area (Å²) in [4.78, 5) is 4.45. The summed E-state index contributed by atoms with van der Waals surface area (Å²) < 4.78 is 6.88. The lowest BCUT2D eigenvalue weighted by atomic mass is 10.2. The van der Waals surface area contributed by atoms with Gasteiger partial charge in [-0.2, -0.15) is 0 Å². The first-order chi connectivity index (χ1) is 10.2. The SMILES string of the molecule is CCCNCc1ccc(COc2ccc(Br)cc2C)nc1. The van der Waals surface area contributed by atoms with E-state index < -0.39 is 0 Å². The minimum absolute atomic E-state index is 0.491. The van der Waals surface area contributed by atoms with E-state index in [0.717, 1.165) is 41.0 Å². The van der Waals surface area contributed by atoms with E-state index >= 15 is 0 Å². The molecule has 3 nitrogen and oxygen atoms in total. The maximum Gasteiger partial charge on any atom is 0.130 e. The molecule has 0 saturated heterocycles. The summed E-state index contributed by atoms with van der Waals surface area (Å²) in [5, 5.41) is 3.37. The standard InChI is InChI=1S/C17H21BrN2O/c1-3-8-19-10-14-4-6-16(20-11-14)12-21-17-7-5-15(18)9-13(17)2/h4-7,9,11,19H,3,8,10,12H2,1-2H3. The average molecular weight is 349 g/mol. The highest BCUT2D eigenvalue weighted by Crippen LogP contribution is 2.22. The Kier molecular flexibility index (Phi) is 6.21. The predicted octanol–water partition coefficient (Wildman–Crippen LogP) is 4.23. The molecule has 1 N–H and O–H groups in total. The van der Waals surface area contributed by atoms with Crippen molar-refractivity contribution in [3.05, 3.63) is 57.8 Å². The number of rotatable bonds is 7. The van der Waals surface area contributed by atoms with Crippen molar-refractivity contribution in [3.8, 4) is 5.75 Å². The van der Waals surface area contributed by atoms with Crippen molar-refractivity contribution in [2.45, 2.75) is 33.4 Å². The highest BCUT2D eigenvalue weighted by molar-refractivity contribution is 9.10. The molecule has 0 fully saturated rings. The van der Waals surface area contributed by atoms with Gasteiger partial charge in [0.25, 0.3) is 0 Å². The van der Waals surface area contributed by atoms with E-state index in [9.17, 15) is 0 Å². The van der Waals surface area contributed by atoms with Crippen molar-refractivity contribution in [3.63, 3.8) is 0 Å². The lowest BCUT2D eigenvalue weighted by Crippen LogP contribution is -2.14. The van der Waals surface area contributed by atoms with Crippen LogP contribution in [0.15, 0.2) is 41.0 Å². The number of nitrogens with one attached hydrogen (secondary N) is 1. The van der Waals surface area contributed by atoms with E-state index in [0.29, 0.717) is 6.61 Å². The van der Waals surface area contributed by atoms with Gasteiger partial charge < -0.3 is 10.1 Å². The summed E-state index contributed by atoms with van der Waals surface area (Å²) in [7, 11) is 0. The summed E-state index contributed by atoms with van der Waals surface area (Å²) in [6.45, 7) is 6.60. The molecule has 21 heavy (non-hydrogen) atoms. The molecule has 2 aromatic rings. The van der Waals surface area contributed by atoms with Crippen molar-refractivity contribution in [1.29, 1.82) is 0 Å². The fourth-order valence-electron chi connectivity index (χ4n) is 1.98. The van der Waals surface area contributed by atoms with Crippen molar-refractivity contribution >= 4 is 15.9 Å². The second-order valence-corrected chi connectivity index (χ2v) is 5.95. The number of pyridine rings is 1. The number of benzene rings is 1. The Bertz CT molecular complexity index is 570. The van der Waals surface area contributed by atoms with Gasteiger partial charge in [-0.25, -0.2) is 0 Å². The summed E-state index contributed by atoms with van der Waals surface area (Å²) in [5.74, 6) is 0.897. The molecule has 0 spiro atoms. The van der Waals surface area contributed by atoms with Gasteiger partial charge in [-0.15, -0.1) is 0 Å². The van der Waals surface area contributed by atoms with Gasteiger partial charge in [0.1, 0.15) is 12.4 Å². The normalized spacial score (nSPS) is 10.6. The first-order valence-corrected chi connectivity index (χ1v) is 8.02. The monoisotopic (exact) mass is 348 g/mol. The maximum absolute atomic E-state index is 5.82. The van der Waals surface area contributed by atoms with Crippen LogP contribution in [-0.4, -0.2) is 11.5 Å². The molecule has 0 aliphatic rings. The molecule has 4 heteroatoms. The zero-order valence-electron chi connectivity index (χ0n) is 12.5. The lowest BCUT2D eigenvalue weighted by molar-refractivity contribution is 0.299. The van der Waals surface area contributed by atoms with E-state index in [-0.39, 0.29) is 0 Å². The first kappa shape index (κ1) is 16.0. The number of hydrogen-bond donors (Lipinski definition) is 1. The topological polar surface area (TPSA) is 34.1 Å². The first-order valence-electron chi connectivity index (χ1n) is 7.22. The van der Waals surface area contributed by atoms with Gasteiger partial charge in [-0.05, 0) is 55.3 Å². The Hall–Kier alpha value is -1.39. The van der Waals surface area contributed by atoms with Crippen LogP contribution >= 0.6 is 15.9 Å². The summed E-state index contributed by atoms with van der Waals surface area (Å²) in [5.41, 5.74) is 3.26. The molecular weight excluding hydrogens is 328 g/mol. The van der Waals surface area contributed by atoms with Crippen molar-refractivity contribution in [1.82, 2.24) is 10.3 Å². The molecule has 0 amide bonds. The molecule has 1 aromatic carbocycles. The molecule has 0 aliphatic carbocycles. The van der Waals surface area contributed by atoms with Gasteiger partial charge >= 0.3 is 0 Å². The average Bonchev–Trinajstić information content (AvgIpc) is 2.48. The van der Waals surface area contributed by atoms with Gasteiger partial charge in [0, 0.05) is 17.2 Å². The van der Waals surface area contributed by atoms with Crippen molar-refractivity contribution in [2.75, 3.05) is 6.54 Å². The lowest BCUT2D eigenvalue weighted by Gasteiger charge is -2.09. The van der Waals surface area contributed by atoms with Crippen LogP contribution in [0.2, 0.25) is 0 Å². The second kappa shape index (κ2) is 8.15. The van der Waals surface area contributed by atoms with Crippen LogP contribution < -0.4 is 10.1 Å². The summed E-state index contributed by atoms with van der Waals surface area (Å²) in [6, 6.07) is 10.1. The van der Waals surface area contributed by atoms with Gasteiger partial charge in [-0.3, -0.25) is 4.98 Å². The number of hydrogen-bond acceptors (Lipinski definition) is 3. The Morgan fingerprint density at radius 3 is 2.76 bits per heavy atom. The molecule has 0 atom stereocenters. The molecule has 1 heterocycles. The summed E-state index contributed by atoms with van der Waals surface area (Å²) in [6.07, 6.45) is 3.06. The van der Waals surface area contributed by atoms with E-state index in [2.05, 4.69) is 39.2 Å².